The van der Waals surface area contributed by atoms with Crippen LogP contribution in [0.5, 0.6) is 5.75 Å². The number of phenolic OH excluding ortho intramolecular Hbond substituents is 1. The Morgan fingerprint density at radius 2 is 1.90 bits per heavy atom. The molecule has 0 unspecified atom stereocenters. The van der Waals surface area contributed by atoms with E-state index in [1.165, 1.54) is 5.57 Å². The highest BCUT2D eigenvalue weighted by atomic mass is 16.3. The van der Waals surface area contributed by atoms with E-state index < -0.39 is 0 Å². The highest BCUT2D eigenvalue weighted by Crippen LogP contribution is 2.24. The number of carbonyl (C=O) groups is 1. The van der Waals surface area contributed by atoms with Crippen molar-refractivity contribution in [3.05, 3.63) is 78.0 Å². The number of rotatable bonds is 5. The Kier molecular flexibility index (Phi) is 5.44. The summed E-state index contributed by atoms with van der Waals surface area (Å²) in [4.78, 5) is 14.7. The summed E-state index contributed by atoms with van der Waals surface area (Å²) in [6.45, 7) is 3.78. The second-order valence-corrected chi connectivity index (χ2v) is 7.23. The molecule has 0 saturated heterocycles. The number of nitrogens with zero attached hydrogens (tertiary/aromatic N) is 3. The molecule has 0 atom stereocenters. The molecule has 1 amide bonds. The van der Waals surface area contributed by atoms with Crippen molar-refractivity contribution in [1.82, 2.24) is 14.7 Å². The quantitative estimate of drug-likeness (QED) is 0.700. The number of amides is 1. The van der Waals surface area contributed by atoms with Crippen LogP contribution >= 0.6 is 0 Å². The van der Waals surface area contributed by atoms with Gasteiger partial charge in [-0.15, -0.1) is 0 Å². The van der Waals surface area contributed by atoms with Crippen LogP contribution in [-0.2, 0) is 4.79 Å². The number of hydrogen-bond donors (Lipinski definition) is 2. The lowest BCUT2D eigenvalue weighted by atomic mass is 9.99. The van der Waals surface area contributed by atoms with Crippen molar-refractivity contribution in [1.29, 1.82) is 0 Å². The molecule has 2 aromatic carbocycles. The number of phenols is 1. The van der Waals surface area contributed by atoms with Crippen LogP contribution in [0.25, 0.3) is 11.3 Å². The van der Waals surface area contributed by atoms with Gasteiger partial charge in [0.2, 0.25) is 5.91 Å². The van der Waals surface area contributed by atoms with Gasteiger partial charge in [0.1, 0.15) is 11.6 Å². The normalized spacial score (nSPS) is 14.4. The first kappa shape index (κ1) is 19.0. The minimum atomic E-state index is -0.0523. The molecule has 6 heteroatoms. The minimum Gasteiger partial charge on any atom is -0.508 e. The fraction of sp³-hybridized carbons (Fsp3) is 0.217. The van der Waals surface area contributed by atoms with Crippen molar-refractivity contribution in [2.24, 2.45) is 0 Å². The van der Waals surface area contributed by atoms with Crippen molar-refractivity contribution in [2.75, 3.05) is 25.0 Å². The summed E-state index contributed by atoms with van der Waals surface area (Å²) < 4.78 is 1.76. The van der Waals surface area contributed by atoms with Crippen molar-refractivity contribution >= 4 is 17.3 Å². The molecule has 1 aliphatic rings. The topological polar surface area (TPSA) is 70.4 Å². The molecule has 29 heavy (non-hydrogen) atoms. The van der Waals surface area contributed by atoms with E-state index in [0.29, 0.717) is 12.4 Å². The van der Waals surface area contributed by atoms with Gasteiger partial charge in [-0.05, 0) is 48.7 Å². The molecule has 1 aliphatic heterocycles. The molecule has 4 rings (SSSR count). The average molecular weight is 388 g/mol. The molecule has 0 spiro atoms. The number of hydrogen-bond acceptors (Lipinski definition) is 4. The molecule has 2 heterocycles. The van der Waals surface area contributed by atoms with E-state index in [1.807, 2.05) is 55.5 Å². The Bertz CT molecular complexity index is 1020. The highest BCUT2D eigenvalue weighted by Gasteiger charge is 2.17. The van der Waals surface area contributed by atoms with E-state index >= 15 is 0 Å². The Labute approximate surface area is 170 Å². The standard InChI is InChI=1S/C23H24N4O2/c1-17-15-22(27(25-17)20-5-3-2-4-6-20)24-23(29)16-26-13-11-19(12-14-26)18-7-9-21(28)10-8-18/h2-11,15,28H,12-14,16H2,1H3,(H,24,29). The van der Waals surface area contributed by atoms with Gasteiger partial charge in [0.05, 0.1) is 17.9 Å². The van der Waals surface area contributed by atoms with Crippen LogP contribution in [0.15, 0.2) is 66.7 Å². The number of para-hydroxylation sites is 1. The molecular formula is C23H24N4O2. The summed E-state index contributed by atoms with van der Waals surface area (Å²) >= 11 is 0. The zero-order valence-electron chi connectivity index (χ0n) is 16.4. The monoisotopic (exact) mass is 388 g/mol. The van der Waals surface area contributed by atoms with Gasteiger partial charge >= 0.3 is 0 Å². The highest BCUT2D eigenvalue weighted by molar-refractivity contribution is 5.91. The summed E-state index contributed by atoms with van der Waals surface area (Å²) in [5.74, 6) is 0.896. The molecule has 1 aromatic heterocycles. The van der Waals surface area contributed by atoms with E-state index in [4.69, 9.17) is 0 Å². The lowest BCUT2D eigenvalue weighted by Crippen LogP contribution is -2.36. The molecule has 0 bridgehead atoms. The molecule has 0 aliphatic carbocycles. The maximum Gasteiger partial charge on any atom is 0.239 e. The van der Waals surface area contributed by atoms with Crippen LogP contribution in [0.3, 0.4) is 0 Å². The smallest absolute Gasteiger partial charge is 0.239 e. The molecule has 6 nitrogen and oxygen atoms in total. The zero-order chi connectivity index (χ0) is 20.2. The van der Waals surface area contributed by atoms with Gasteiger partial charge in [-0.3, -0.25) is 9.69 Å². The predicted octanol–water partition coefficient (Wildman–Crippen LogP) is 3.61. The van der Waals surface area contributed by atoms with Crippen molar-refractivity contribution in [3.8, 4) is 11.4 Å². The first-order valence-corrected chi connectivity index (χ1v) is 9.71. The summed E-state index contributed by atoms with van der Waals surface area (Å²) in [6.07, 6.45) is 3.03. The maximum atomic E-state index is 12.6. The Morgan fingerprint density at radius 1 is 1.14 bits per heavy atom. The average Bonchev–Trinajstić information content (AvgIpc) is 3.10. The van der Waals surface area contributed by atoms with Crippen molar-refractivity contribution < 1.29 is 9.90 Å². The number of aryl methyl sites for hydroxylation is 1. The SMILES string of the molecule is Cc1cc(NC(=O)CN2CC=C(c3ccc(O)cc3)CC2)n(-c2ccccc2)n1. The Balaban J connectivity index is 1.38. The van der Waals surface area contributed by atoms with E-state index in [9.17, 15) is 9.90 Å². The van der Waals surface area contributed by atoms with Crippen molar-refractivity contribution in [2.45, 2.75) is 13.3 Å². The third kappa shape index (κ3) is 4.55. The number of aromatic hydroxyl groups is 1. The molecule has 0 fully saturated rings. The lowest BCUT2D eigenvalue weighted by Gasteiger charge is -2.26. The second kappa shape index (κ2) is 8.32. The van der Waals surface area contributed by atoms with Gasteiger partial charge in [-0.1, -0.05) is 36.4 Å². The van der Waals surface area contributed by atoms with E-state index in [2.05, 4.69) is 21.4 Å². The third-order valence-electron chi connectivity index (χ3n) is 5.00. The van der Waals surface area contributed by atoms with Crippen molar-refractivity contribution in [3.63, 3.8) is 0 Å². The number of carbonyl (C=O) groups excluding carboxylic acids is 1. The molecule has 148 valence electrons. The second-order valence-electron chi connectivity index (χ2n) is 7.23. The van der Waals surface area contributed by atoms with Gasteiger partial charge in [-0.25, -0.2) is 4.68 Å². The summed E-state index contributed by atoms with van der Waals surface area (Å²) in [5.41, 5.74) is 4.13. The van der Waals surface area contributed by atoms with E-state index in [1.54, 1.807) is 16.8 Å². The molecule has 3 aromatic rings. The maximum absolute atomic E-state index is 12.6. The number of anilines is 1. The third-order valence-corrected chi connectivity index (χ3v) is 5.00. The Hall–Kier alpha value is -3.38. The largest absolute Gasteiger partial charge is 0.508 e. The van der Waals surface area contributed by atoms with Crippen LogP contribution in [0.1, 0.15) is 17.7 Å². The van der Waals surface area contributed by atoms with Crippen LogP contribution in [0.4, 0.5) is 5.82 Å². The molecule has 2 N–H and O–H groups in total. The van der Waals surface area contributed by atoms with Gasteiger partial charge in [0, 0.05) is 19.2 Å². The number of aromatic nitrogens is 2. The minimum absolute atomic E-state index is 0.0523. The lowest BCUT2D eigenvalue weighted by molar-refractivity contribution is -0.117. The predicted molar refractivity (Wildman–Crippen MR) is 114 cm³/mol. The Morgan fingerprint density at radius 3 is 2.59 bits per heavy atom. The van der Waals surface area contributed by atoms with Gasteiger partial charge in [0.15, 0.2) is 0 Å². The summed E-state index contributed by atoms with van der Waals surface area (Å²) in [5, 5.41) is 16.9. The van der Waals surface area contributed by atoms with Gasteiger partial charge in [-0.2, -0.15) is 5.10 Å². The first-order chi connectivity index (χ1) is 14.1. The van der Waals surface area contributed by atoms with Crippen LogP contribution in [0, 0.1) is 6.92 Å². The fourth-order valence-corrected chi connectivity index (χ4v) is 3.53. The van der Waals surface area contributed by atoms with Gasteiger partial charge in [0.25, 0.3) is 0 Å². The van der Waals surface area contributed by atoms with Crippen LogP contribution < -0.4 is 5.32 Å². The molecule has 0 radical (unpaired) electrons. The summed E-state index contributed by atoms with van der Waals surface area (Å²) in [6, 6.07) is 18.9. The van der Waals surface area contributed by atoms with E-state index in [0.717, 1.165) is 36.5 Å². The summed E-state index contributed by atoms with van der Waals surface area (Å²) in [7, 11) is 0. The molecular weight excluding hydrogens is 364 g/mol. The number of benzene rings is 2. The molecule has 0 saturated carbocycles. The van der Waals surface area contributed by atoms with Gasteiger partial charge < -0.3 is 10.4 Å². The first-order valence-electron chi connectivity index (χ1n) is 9.71. The number of nitrogens with one attached hydrogen (secondary N) is 1. The zero-order valence-corrected chi connectivity index (χ0v) is 16.4. The van der Waals surface area contributed by atoms with E-state index in [-0.39, 0.29) is 11.7 Å². The fourth-order valence-electron chi connectivity index (χ4n) is 3.53. The van der Waals surface area contributed by atoms with Crippen LogP contribution in [0.2, 0.25) is 0 Å². The van der Waals surface area contributed by atoms with Crippen LogP contribution in [-0.4, -0.2) is 45.3 Å².